The Bertz CT molecular complexity index is 247. The second-order valence-electron chi connectivity index (χ2n) is 4.80. The molecule has 2 heterocycles. The van der Waals surface area contributed by atoms with E-state index in [0.717, 1.165) is 44.4 Å². The minimum Gasteiger partial charge on any atom is -0.337 e. The fourth-order valence-corrected chi connectivity index (χ4v) is 2.79. The van der Waals surface area contributed by atoms with Gasteiger partial charge >= 0.3 is 0 Å². The lowest BCUT2D eigenvalue weighted by molar-refractivity contribution is -0.130. The van der Waals surface area contributed by atoms with Crippen LogP contribution in [0.2, 0.25) is 0 Å². The lowest BCUT2D eigenvalue weighted by Gasteiger charge is -2.38. The Morgan fingerprint density at radius 3 is 3.07 bits per heavy atom. The first-order chi connectivity index (χ1) is 7.20. The summed E-state index contributed by atoms with van der Waals surface area (Å²) in [6, 6.07) is 0.508. The second kappa shape index (κ2) is 4.83. The van der Waals surface area contributed by atoms with Crippen molar-refractivity contribution in [2.45, 2.75) is 25.8 Å². The minimum atomic E-state index is 0.369. The first-order valence-corrected chi connectivity index (χ1v) is 6.90. The molecule has 0 aromatic carbocycles. The van der Waals surface area contributed by atoms with E-state index in [2.05, 4.69) is 32.7 Å². The van der Waals surface area contributed by atoms with Gasteiger partial charge in [-0.15, -0.1) is 0 Å². The largest absolute Gasteiger partial charge is 0.337 e. The van der Waals surface area contributed by atoms with Crippen molar-refractivity contribution < 1.29 is 4.79 Å². The summed E-state index contributed by atoms with van der Waals surface area (Å²) in [6.45, 7) is 6.51. The number of piperazine rings is 1. The molecule has 2 saturated heterocycles. The van der Waals surface area contributed by atoms with Crippen LogP contribution < -0.4 is 0 Å². The average Bonchev–Trinajstić information content (AvgIpc) is 2.60. The van der Waals surface area contributed by atoms with Gasteiger partial charge in [-0.25, -0.2) is 0 Å². The number of carbonyl (C=O) groups is 1. The molecule has 0 aromatic rings. The predicted octanol–water partition coefficient (Wildman–Crippen LogP) is 1.32. The van der Waals surface area contributed by atoms with Crippen LogP contribution in [0.25, 0.3) is 0 Å². The van der Waals surface area contributed by atoms with E-state index >= 15 is 0 Å². The van der Waals surface area contributed by atoms with Crippen LogP contribution in [0.15, 0.2) is 0 Å². The zero-order valence-electron chi connectivity index (χ0n) is 9.29. The number of hydrogen-bond acceptors (Lipinski definition) is 2. The normalized spacial score (nSPS) is 29.3. The van der Waals surface area contributed by atoms with E-state index in [-0.39, 0.29) is 0 Å². The first-order valence-electron chi connectivity index (χ1n) is 5.78. The molecule has 2 fully saturated rings. The molecule has 0 bridgehead atoms. The summed E-state index contributed by atoms with van der Waals surface area (Å²) in [5, 5.41) is 1.07. The van der Waals surface area contributed by atoms with E-state index in [9.17, 15) is 4.79 Å². The average molecular weight is 275 g/mol. The monoisotopic (exact) mass is 274 g/mol. The number of halogens is 1. The number of hydrogen-bond donors (Lipinski definition) is 0. The van der Waals surface area contributed by atoms with E-state index in [4.69, 9.17) is 0 Å². The van der Waals surface area contributed by atoms with Crippen LogP contribution in [0.1, 0.15) is 19.8 Å². The molecule has 15 heavy (non-hydrogen) atoms. The molecule has 0 spiro atoms. The maximum absolute atomic E-state index is 11.5. The highest BCUT2D eigenvalue weighted by Gasteiger charge is 2.35. The first kappa shape index (κ1) is 11.4. The fourth-order valence-electron chi connectivity index (χ4n) is 2.58. The number of amides is 1. The van der Waals surface area contributed by atoms with Gasteiger partial charge in [0.2, 0.25) is 5.91 Å². The molecule has 2 unspecified atom stereocenters. The molecular formula is C11H19BrN2O. The van der Waals surface area contributed by atoms with Gasteiger partial charge in [0.25, 0.3) is 0 Å². The minimum absolute atomic E-state index is 0.369. The van der Waals surface area contributed by atoms with Crippen LogP contribution in [0.5, 0.6) is 0 Å². The van der Waals surface area contributed by atoms with Crippen molar-refractivity contribution in [2.24, 2.45) is 5.92 Å². The Kier molecular flexibility index (Phi) is 3.67. The van der Waals surface area contributed by atoms with Crippen LogP contribution in [-0.2, 0) is 4.79 Å². The number of alkyl halides is 1. The van der Waals surface area contributed by atoms with Crippen molar-refractivity contribution in [1.82, 2.24) is 9.80 Å². The van der Waals surface area contributed by atoms with Crippen molar-refractivity contribution >= 4 is 21.8 Å². The molecule has 1 amide bonds. The molecule has 0 radical (unpaired) electrons. The van der Waals surface area contributed by atoms with Crippen molar-refractivity contribution in [3.05, 3.63) is 0 Å². The highest BCUT2D eigenvalue weighted by atomic mass is 79.9. The molecule has 86 valence electrons. The highest BCUT2D eigenvalue weighted by Crippen LogP contribution is 2.23. The summed E-state index contributed by atoms with van der Waals surface area (Å²) in [5.74, 6) is 1.07. The molecule has 2 rings (SSSR count). The highest BCUT2D eigenvalue weighted by molar-refractivity contribution is 9.09. The van der Waals surface area contributed by atoms with Gasteiger partial charge in [0, 0.05) is 44.0 Å². The third kappa shape index (κ3) is 2.53. The molecular weight excluding hydrogens is 256 g/mol. The van der Waals surface area contributed by atoms with Gasteiger partial charge < -0.3 is 4.90 Å². The molecule has 0 aromatic heterocycles. The van der Waals surface area contributed by atoms with Crippen molar-refractivity contribution in [1.29, 1.82) is 0 Å². The van der Waals surface area contributed by atoms with Crippen LogP contribution in [-0.4, -0.2) is 53.3 Å². The smallest absolute Gasteiger partial charge is 0.222 e. The predicted molar refractivity (Wildman–Crippen MR) is 64.1 cm³/mol. The SMILES string of the molecule is CC(CBr)CN1CCN2C(=O)CCC2C1. The van der Waals surface area contributed by atoms with Crippen LogP contribution in [0.3, 0.4) is 0 Å². The van der Waals surface area contributed by atoms with Gasteiger partial charge in [-0.3, -0.25) is 9.69 Å². The third-order valence-corrected chi connectivity index (χ3v) is 4.52. The number of rotatable bonds is 3. The van der Waals surface area contributed by atoms with Crippen molar-refractivity contribution in [3.63, 3.8) is 0 Å². The van der Waals surface area contributed by atoms with E-state index in [1.165, 1.54) is 0 Å². The third-order valence-electron chi connectivity index (χ3n) is 3.41. The molecule has 3 nitrogen and oxygen atoms in total. The lowest BCUT2D eigenvalue weighted by atomic mass is 10.1. The number of fused-ring (bicyclic) bond motifs is 1. The lowest BCUT2D eigenvalue weighted by Crippen LogP contribution is -2.52. The summed E-state index contributed by atoms with van der Waals surface area (Å²) in [7, 11) is 0. The summed E-state index contributed by atoms with van der Waals surface area (Å²) < 4.78 is 0. The van der Waals surface area contributed by atoms with Gasteiger partial charge in [0.05, 0.1) is 0 Å². The Balaban J connectivity index is 1.85. The topological polar surface area (TPSA) is 23.6 Å². The molecule has 4 heteroatoms. The number of nitrogens with zero attached hydrogens (tertiary/aromatic N) is 2. The molecule has 2 aliphatic heterocycles. The van der Waals surface area contributed by atoms with Crippen molar-refractivity contribution in [2.75, 3.05) is 31.5 Å². The summed E-state index contributed by atoms with van der Waals surface area (Å²) in [6.07, 6.45) is 1.84. The summed E-state index contributed by atoms with van der Waals surface area (Å²) in [5.41, 5.74) is 0. The maximum Gasteiger partial charge on any atom is 0.222 e. The number of carbonyl (C=O) groups excluding carboxylic acids is 1. The van der Waals surface area contributed by atoms with E-state index in [0.29, 0.717) is 17.9 Å². The summed E-state index contributed by atoms with van der Waals surface area (Å²) >= 11 is 3.52. The molecule has 2 aliphatic rings. The van der Waals surface area contributed by atoms with Gasteiger partial charge in [-0.1, -0.05) is 22.9 Å². The second-order valence-corrected chi connectivity index (χ2v) is 5.45. The van der Waals surface area contributed by atoms with Crippen molar-refractivity contribution in [3.8, 4) is 0 Å². The molecule has 0 saturated carbocycles. The Hall–Kier alpha value is -0.0900. The van der Waals surface area contributed by atoms with Gasteiger partial charge in [-0.05, 0) is 12.3 Å². The van der Waals surface area contributed by atoms with Gasteiger partial charge in [-0.2, -0.15) is 0 Å². The molecule has 0 aliphatic carbocycles. The molecule has 2 atom stereocenters. The van der Waals surface area contributed by atoms with Crippen LogP contribution in [0, 0.1) is 5.92 Å². The Labute approximate surface area is 99.9 Å². The van der Waals surface area contributed by atoms with Crippen LogP contribution >= 0.6 is 15.9 Å². The summed E-state index contributed by atoms with van der Waals surface area (Å²) in [4.78, 5) is 16.1. The quantitative estimate of drug-likeness (QED) is 0.725. The van der Waals surface area contributed by atoms with E-state index < -0.39 is 0 Å². The standard InChI is InChI=1S/C11H19BrN2O/c1-9(6-12)7-13-4-5-14-10(8-13)2-3-11(14)15/h9-10H,2-8H2,1H3. The van der Waals surface area contributed by atoms with Gasteiger partial charge in [0.1, 0.15) is 0 Å². The zero-order valence-corrected chi connectivity index (χ0v) is 10.9. The molecule has 0 N–H and O–H groups in total. The van der Waals surface area contributed by atoms with Crippen LogP contribution in [0.4, 0.5) is 0 Å². The Morgan fingerprint density at radius 1 is 1.53 bits per heavy atom. The maximum atomic E-state index is 11.5. The zero-order chi connectivity index (χ0) is 10.8. The van der Waals surface area contributed by atoms with Gasteiger partial charge in [0.15, 0.2) is 0 Å². The Morgan fingerprint density at radius 2 is 2.33 bits per heavy atom. The van der Waals surface area contributed by atoms with E-state index in [1.54, 1.807) is 0 Å². The van der Waals surface area contributed by atoms with E-state index in [1.807, 2.05) is 0 Å². The fraction of sp³-hybridized carbons (Fsp3) is 0.909.